The lowest BCUT2D eigenvalue weighted by molar-refractivity contribution is -0.123. The highest BCUT2D eigenvalue weighted by Gasteiger charge is 2.34. The van der Waals surface area contributed by atoms with E-state index in [1.54, 1.807) is 42.5 Å². The van der Waals surface area contributed by atoms with Gasteiger partial charge in [-0.15, -0.1) is 0 Å². The van der Waals surface area contributed by atoms with Crippen LogP contribution < -0.4 is 0 Å². The second kappa shape index (κ2) is 6.69. The van der Waals surface area contributed by atoms with E-state index in [9.17, 15) is 14.0 Å². The van der Waals surface area contributed by atoms with E-state index in [1.165, 1.54) is 12.1 Å². The zero-order valence-corrected chi connectivity index (χ0v) is 13.2. The molecule has 0 spiro atoms. The average Bonchev–Trinajstić information content (AvgIpc) is 2.85. The molecule has 2 amide bonds. The van der Waals surface area contributed by atoms with Crippen molar-refractivity contribution in [3.8, 4) is 6.07 Å². The van der Waals surface area contributed by atoms with Gasteiger partial charge >= 0.3 is 0 Å². The Morgan fingerprint density at radius 1 is 1.08 bits per heavy atom. The third-order valence-corrected chi connectivity index (χ3v) is 4.37. The molecule has 0 saturated carbocycles. The van der Waals surface area contributed by atoms with Gasteiger partial charge in [-0.3, -0.25) is 14.5 Å². The molecule has 0 atom stereocenters. The fourth-order valence-corrected chi connectivity index (χ4v) is 3.05. The first-order valence-electron chi connectivity index (χ1n) is 7.07. The van der Waals surface area contributed by atoms with Crippen LogP contribution in [0.2, 0.25) is 0 Å². The molecule has 6 heteroatoms. The van der Waals surface area contributed by atoms with E-state index in [1.807, 2.05) is 6.07 Å². The van der Waals surface area contributed by atoms with Gasteiger partial charge in [-0.2, -0.15) is 5.26 Å². The summed E-state index contributed by atoms with van der Waals surface area (Å²) in [5, 5.41) is 8.43. The van der Waals surface area contributed by atoms with E-state index in [2.05, 4.69) is 0 Å². The summed E-state index contributed by atoms with van der Waals surface area (Å²) in [5.41, 5.74) is 1.94. The van der Waals surface area contributed by atoms with Crippen molar-refractivity contribution >= 4 is 29.0 Å². The molecular weight excluding hydrogens is 327 g/mol. The van der Waals surface area contributed by atoms with Crippen LogP contribution in [-0.2, 0) is 11.3 Å². The number of benzene rings is 2. The smallest absolute Gasteiger partial charge is 0.268 e. The van der Waals surface area contributed by atoms with Crippen molar-refractivity contribution in [1.29, 1.82) is 5.26 Å². The van der Waals surface area contributed by atoms with Gasteiger partial charge in [-0.05, 0) is 53.2 Å². The minimum atomic E-state index is -0.376. The first-order chi connectivity index (χ1) is 11.6. The normalized spacial score (nSPS) is 15.8. The Balaban J connectivity index is 1.79. The maximum Gasteiger partial charge on any atom is 0.293 e. The Kier molecular flexibility index (Phi) is 4.45. The quantitative estimate of drug-likeness (QED) is 0.796. The fraction of sp³-hybridized carbons (Fsp3) is 0.0556. The molecule has 0 aliphatic carbocycles. The summed E-state index contributed by atoms with van der Waals surface area (Å²) in [6.07, 6.45) is 1.62. The number of thioether (sulfide) groups is 1. The summed E-state index contributed by atoms with van der Waals surface area (Å²) >= 11 is 0.868. The summed E-state index contributed by atoms with van der Waals surface area (Å²) in [5.74, 6) is -0.743. The van der Waals surface area contributed by atoms with E-state index in [0.717, 1.165) is 22.2 Å². The first kappa shape index (κ1) is 16.0. The summed E-state index contributed by atoms with van der Waals surface area (Å²) in [6, 6.07) is 14.4. The molecule has 1 aliphatic rings. The van der Waals surface area contributed by atoms with Gasteiger partial charge in [0, 0.05) is 0 Å². The van der Waals surface area contributed by atoms with Crippen LogP contribution >= 0.6 is 11.8 Å². The molecule has 3 rings (SSSR count). The SMILES string of the molecule is N#Cc1ccc(/C=C2\SC(=O)N(Cc3ccc(F)cc3)C2=O)cc1. The lowest BCUT2D eigenvalue weighted by Crippen LogP contribution is -2.27. The van der Waals surface area contributed by atoms with E-state index < -0.39 is 0 Å². The van der Waals surface area contributed by atoms with Crippen molar-refractivity contribution in [3.63, 3.8) is 0 Å². The molecule has 1 fully saturated rings. The monoisotopic (exact) mass is 338 g/mol. The van der Waals surface area contributed by atoms with Crippen molar-refractivity contribution in [2.75, 3.05) is 0 Å². The third kappa shape index (κ3) is 3.36. The lowest BCUT2D eigenvalue weighted by Gasteiger charge is -2.12. The number of carbonyl (C=O) groups is 2. The molecule has 4 nitrogen and oxygen atoms in total. The highest BCUT2D eigenvalue weighted by atomic mass is 32.2. The van der Waals surface area contributed by atoms with Crippen LogP contribution in [0.5, 0.6) is 0 Å². The van der Waals surface area contributed by atoms with Crippen molar-refractivity contribution in [2.45, 2.75) is 6.54 Å². The molecular formula is C18H11FN2O2S. The Labute approximate surface area is 142 Å². The predicted octanol–water partition coefficient (Wildman–Crippen LogP) is 3.93. The molecule has 0 bridgehead atoms. The summed E-state index contributed by atoms with van der Waals surface area (Å²) < 4.78 is 12.9. The number of amides is 2. The zero-order valence-electron chi connectivity index (χ0n) is 12.4. The van der Waals surface area contributed by atoms with Crippen molar-refractivity contribution in [1.82, 2.24) is 4.90 Å². The largest absolute Gasteiger partial charge is 0.293 e. The number of nitrogens with zero attached hydrogens (tertiary/aromatic N) is 2. The second-order valence-corrected chi connectivity index (χ2v) is 6.12. The summed E-state index contributed by atoms with van der Waals surface area (Å²) in [6.45, 7) is 0.107. The van der Waals surface area contributed by atoms with Gasteiger partial charge in [-0.1, -0.05) is 24.3 Å². The molecule has 0 radical (unpaired) electrons. The van der Waals surface area contributed by atoms with Gasteiger partial charge in [0.05, 0.1) is 23.1 Å². The predicted molar refractivity (Wildman–Crippen MR) is 89.1 cm³/mol. The van der Waals surface area contributed by atoms with Gasteiger partial charge in [-0.25, -0.2) is 4.39 Å². The van der Waals surface area contributed by atoms with Crippen molar-refractivity contribution in [2.24, 2.45) is 0 Å². The topological polar surface area (TPSA) is 61.2 Å². The molecule has 1 heterocycles. The molecule has 0 aromatic heterocycles. The van der Waals surface area contributed by atoms with E-state index in [0.29, 0.717) is 16.0 Å². The highest BCUT2D eigenvalue weighted by molar-refractivity contribution is 8.18. The fourth-order valence-electron chi connectivity index (χ4n) is 2.21. The Morgan fingerprint density at radius 3 is 2.38 bits per heavy atom. The van der Waals surface area contributed by atoms with Gasteiger partial charge in [0.15, 0.2) is 0 Å². The van der Waals surface area contributed by atoms with Crippen LogP contribution in [0.3, 0.4) is 0 Å². The minimum absolute atomic E-state index is 0.107. The number of hydrogen-bond donors (Lipinski definition) is 0. The van der Waals surface area contributed by atoms with E-state index in [4.69, 9.17) is 5.26 Å². The van der Waals surface area contributed by atoms with Gasteiger partial charge < -0.3 is 0 Å². The first-order valence-corrected chi connectivity index (χ1v) is 7.88. The van der Waals surface area contributed by atoms with Crippen LogP contribution in [0.4, 0.5) is 9.18 Å². The van der Waals surface area contributed by atoms with Crippen LogP contribution in [0.15, 0.2) is 53.4 Å². The van der Waals surface area contributed by atoms with Gasteiger partial charge in [0.2, 0.25) is 0 Å². The molecule has 1 saturated heterocycles. The number of imide groups is 1. The highest BCUT2D eigenvalue weighted by Crippen LogP contribution is 2.33. The van der Waals surface area contributed by atoms with E-state index >= 15 is 0 Å². The Hall–Kier alpha value is -2.91. The van der Waals surface area contributed by atoms with Crippen LogP contribution in [0, 0.1) is 17.1 Å². The second-order valence-electron chi connectivity index (χ2n) is 5.13. The maximum absolute atomic E-state index is 12.9. The molecule has 24 heavy (non-hydrogen) atoms. The lowest BCUT2D eigenvalue weighted by atomic mass is 10.1. The average molecular weight is 338 g/mol. The third-order valence-electron chi connectivity index (χ3n) is 3.47. The number of nitriles is 1. The summed E-state index contributed by atoms with van der Waals surface area (Å²) in [4.78, 5) is 25.9. The van der Waals surface area contributed by atoms with Gasteiger partial charge in [0.1, 0.15) is 5.82 Å². The van der Waals surface area contributed by atoms with Crippen LogP contribution in [-0.4, -0.2) is 16.0 Å². The zero-order chi connectivity index (χ0) is 17.1. The number of hydrogen-bond acceptors (Lipinski definition) is 4. The Morgan fingerprint density at radius 2 is 1.75 bits per heavy atom. The standard InChI is InChI=1S/C18H11FN2O2S/c19-15-7-5-14(6-8-15)11-21-17(22)16(24-18(21)23)9-12-1-3-13(10-20)4-2-12/h1-9H,11H2/b16-9-. The van der Waals surface area contributed by atoms with Crippen molar-refractivity contribution < 1.29 is 14.0 Å². The Bertz CT molecular complexity index is 867. The molecule has 118 valence electrons. The maximum atomic E-state index is 12.9. The minimum Gasteiger partial charge on any atom is -0.268 e. The van der Waals surface area contributed by atoms with E-state index in [-0.39, 0.29) is 23.5 Å². The van der Waals surface area contributed by atoms with Crippen molar-refractivity contribution in [3.05, 3.63) is 75.9 Å². The molecule has 2 aromatic rings. The molecule has 0 N–H and O–H groups in total. The van der Waals surface area contributed by atoms with Gasteiger partial charge in [0.25, 0.3) is 11.1 Å². The molecule has 1 aliphatic heterocycles. The molecule has 2 aromatic carbocycles. The van der Waals surface area contributed by atoms with Crippen LogP contribution in [0.25, 0.3) is 6.08 Å². The molecule has 0 unspecified atom stereocenters. The van der Waals surface area contributed by atoms with Crippen LogP contribution in [0.1, 0.15) is 16.7 Å². The number of rotatable bonds is 3. The number of halogens is 1. The number of carbonyl (C=O) groups excluding carboxylic acids is 2. The summed E-state index contributed by atoms with van der Waals surface area (Å²) in [7, 11) is 0.